The van der Waals surface area contributed by atoms with Gasteiger partial charge in [0.15, 0.2) is 0 Å². The molecule has 0 aliphatic rings. The normalized spacial score (nSPS) is 15.4. The fourth-order valence-corrected chi connectivity index (χ4v) is 1.20. The molecule has 0 spiro atoms. The summed E-state index contributed by atoms with van der Waals surface area (Å²) in [4.78, 5) is 3.82. The molecule has 0 bridgehead atoms. The maximum absolute atomic E-state index is 13.5. The summed E-state index contributed by atoms with van der Waals surface area (Å²) in [6.45, 7) is 1.45. The summed E-state index contributed by atoms with van der Waals surface area (Å²) in [5, 5.41) is 0.486. The Morgan fingerprint density at radius 1 is 1.69 bits per heavy atom. The predicted octanol–water partition coefficient (Wildman–Crippen LogP) is 1.96. The summed E-state index contributed by atoms with van der Waals surface area (Å²) >= 11 is 5.82. The highest BCUT2D eigenvalue weighted by Gasteiger charge is 2.22. The Labute approximate surface area is 81.9 Å². The van der Waals surface area contributed by atoms with Crippen LogP contribution in [0.25, 0.3) is 0 Å². The number of hydrogen-bond acceptors (Lipinski definition) is 2. The fourth-order valence-electron chi connectivity index (χ4n) is 1.02. The van der Waals surface area contributed by atoms with Crippen molar-refractivity contribution >= 4 is 11.6 Å². The van der Waals surface area contributed by atoms with Gasteiger partial charge in [0.1, 0.15) is 5.67 Å². The van der Waals surface area contributed by atoms with Crippen molar-refractivity contribution < 1.29 is 4.39 Å². The first-order chi connectivity index (χ1) is 6.05. The van der Waals surface area contributed by atoms with Crippen LogP contribution in [0.15, 0.2) is 18.5 Å². The molecule has 13 heavy (non-hydrogen) atoms. The van der Waals surface area contributed by atoms with Gasteiger partial charge in [0.2, 0.25) is 0 Å². The van der Waals surface area contributed by atoms with Crippen molar-refractivity contribution in [1.82, 2.24) is 4.98 Å². The van der Waals surface area contributed by atoms with Crippen molar-refractivity contribution in [3.8, 4) is 0 Å². The molecular weight excluding hydrogens is 191 g/mol. The number of halogens is 2. The second-order valence-electron chi connectivity index (χ2n) is 3.26. The maximum Gasteiger partial charge on any atom is 0.124 e. The molecule has 0 fully saturated rings. The molecule has 1 unspecified atom stereocenters. The van der Waals surface area contributed by atoms with E-state index in [4.69, 9.17) is 17.3 Å². The minimum absolute atomic E-state index is 0.00828. The predicted molar refractivity (Wildman–Crippen MR) is 51.5 cm³/mol. The molecule has 1 heterocycles. The number of alkyl halides is 1. The van der Waals surface area contributed by atoms with Crippen molar-refractivity contribution in [2.75, 3.05) is 6.54 Å². The lowest BCUT2D eigenvalue weighted by Crippen LogP contribution is -2.31. The topological polar surface area (TPSA) is 38.9 Å². The van der Waals surface area contributed by atoms with Gasteiger partial charge in [-0.05, 0) is 18.6 Å². The average molecular weight is 203 g/mol. The van der Waals surface area contributed by atoms with E-state index < -0.39 is 5.67 Å². The number of nitrogens with zero attached hydrogens (tertiary/aromatic N) is 1. The zero-order valence-electron chi connectivity index (χ0n) is 7.43. The Bertz CT molecular complexity index is 289. The largest absolute Gasteiger partial charge is 0.328 e. The first-order valence-electron chi connectivity index (χ1n) is 4.02. The van der Waals surface area contributed by atoms with Gasteiger partial charge in [-0.15, -0.1) is 0 Å². The second kappa shape index (κ2) is 4.03. The lowest BCUT2D eigenvalue weighted by atomic mass is 9.99. The molecule has 0 aromatic carbocycles. The minimum atomic E-state index is -1.40. The SMILES string of the molecule is CC(F)(CN)Cc1ccncc1Cl. The lowest BCUT2D eigenvalue weighted by Gasteiger charge is -2.18. The number of hydrogen-bond donors (Lipinski definition) is 1. The minimum Gasteiger partial charge on any atom is -0.328 e. The van der Waals surface area contributed by atoms with Gasteiger partial charge in [0, 0.05) is 25.4 Å². The van der Waals surface area contributed by atoms with E-state index in [1.807, 2.05) is 0 Å². The summed E-state index contributed by atoms with van der Waals surface area (Å²) in [5.74, 6) is 0. The molecule has 1 aromatic rings. The number of aromatic nitrogens is 1. The molecule has 1 atom stereocenters. The van der Waals surface area contributed by atoms with Crippen LogP contribution in [0.2, 0.25) is 5.02 Å². The molecule has 0 aliphatic heterocycles. The van der Waals surface area contributed by atoms with Crippen LogP contribution < -0.4 is 5.73 Å². The summed E-state index contributed by atoms with van der Waals surface area (Å²) < 4.78 is 13.5. The highest BCUT2D eigenvalue weighted by Crippen LogP contribution is 2.21. The Kier molecular flexibility index (Phi) is 3.22. The number of rotatable bonds is 3. The third-order valence-electron chi connectivity index (χ3n) is 1.84. The fraction of sp³-hybridized carbons (Fsp3) is 0.444. The monoisotopic (exact) mass is 202 g/mol. The van der Waals surface area contributed by atoms with Crippen LogP contribution in [0.1, 0.15) is 12.5 Å². The molecule has 2 nitrogen and oxygen atoms in total. The van der Waals surface area contributed by atoms with Crippen molar-refractivity contribution in [3.63, 3.8) is 0 Å². The third-order valence-corrected chi connectivity index (χ3v) is 2.18. The molecular formula is C9H12ClFN2. The zero-order valence-corrected chi connectivity index (χ0v) is 8.18. The van der Waals surface area contributed by atoms with Gasteiger partial charge < -0.3 is 5.73 Å². The van der Waals surface area contributed by atoms with E-state index in [1.165, 1.54) is 13.1 Å². The van der Waals surface area contributed by atoms with E-state index in [-0.39, 0.29) is 13.0 Å². The van der Waals surface area contributed by atoms with E-state index in [2.05, 4.69) is 4.98 Å². The van der Waals surface area contributed by atoms with E-state index in [0.717, 1.165) is 5.56 Å². The van der Waals surface area contributed by atoms with Gasteiger partial charge in [-0.1, -0.05) is 11.6 Å². The molecule has 0 saturated heterocycles. The van der Waals surface area contributed by atoms with E-state index in [1.54, 1.807) is 12.3 Å². The van der Waals surface area contributed by atoms with Gasteiger partial charge in [-0.3, -0.25) is 4.98 Å². The van der Waals surface area contributed by atoms with Crippen LogP contribution in [-0.4, -0.2) is 17.2 Å². The van der Waals surface area contributed by atoms with Crippen LogP contribution in [0.3, 0.4) is 0 Å². The van der Waals surface area contributed by atoms with Crippen LogP contribution in [-0.2, 0) is 6.42 Å². The summed E-state index contributed by atoms with van der Waals surface area (Å²) in [5.41, 5.74) is 4.62. The van der Waals surface area contributed by atoms with E-state index in [9.17, 15) is 4.39 Å². The third kappa shape index (κ3) is 2.94. The van der Waals surface area contributed by atoms with Gasteiger partial charge >= 0.3 is 0 Å². The van der Waals surface area contributed by atoms with Crippen molar-refractivity contribution in [3.05, 3.63) is 29.0 Å². The average Bonchev–Trinajstić information content (AvgIpc) is 2.09. The lowest BCUT2D eigenvalue weighted by molar-refractivity contribution is 0.200. The van der Waals surface area contributed by atoms with E-state index >= 15 is 0 Å². The molecule has 1 rings (SSSR count). The Morgan fingerprint density at radius 3 is 2.92 bits per heavy atom. The number of pyridine rings is 1. The molecule has 4 heteroatoms. The quantitative estimate of drug-likeness (QED) is 0.814. The van der Waals surface area contributed by atoms with E-state index in [0.29, 0.717) is 5.02 Å². The molecule has 0 aliphatic carbocycles. The summed E-state index contributed by atoms with van der Waals surface area (Å²) in [6.07, 6.45) is 3.32. The van der Waals surface area contributed by atoms with Crippen molar-refractivity contribution in [1.29, 1.82) is 0 Å². The zero-order chi connectivity index (χ0) is 9.90. The van der Waals surface area contributed by atoms with Crippen LogP contribution in [0.5, 0.6) is 0 Å². The maximum atomic E-state index is 13.5. The Morgan fingerprint density at radius 2 is 2.38 bits per heavy atom. The molecule has 72 valence electrons. The number of nitrogens with two attached hydrogens (primary N) is 1. The first kappa shape index (κ1) is 10.4. The molecule has 0 saturated carbocycles. The summed E-state index contributed by atoms with van der Waals surface area (Å²) in [7, 11) is 0. The van der Waals surface area contributed by atoms with Gasteiger partial charge in [-0.2, -0.15) is 0 Å². The van der Waals surface area contributed by atoms with Gasteiger partial charge in [0.05, 0.1) is 5.02 Å². The molecule has 2 N–H and O–H groups in total. The second-order valence-corrected chi connectivity index (χ2v) is 3.67. The smallest absolute Gasteiger partial charge is 0.124 e. The summed E-state index contributed by atoms with van der Waals surface area (Å²) in [6, 6.07) is 1.70. The standard InChI is InChI=1S/C9H12ClFN2/c1-9(11,6-12)4-7-2-3-13-5-8(7)10/h2-3,5H,4,6,12H2,1H3. The first-order valence-corrected chi connectivity index (χ1v) is 4.40. The van der Waals surface area contributed by atoms with Gasteiger partial charge in [0.25, 0.3) is 0 Å². The Balaban J connectivity index is 2.80. The highest BCUT2D eigenvalue weighted by molar-refractivity contribution is 6.31. The Hall–Kier alpha value is -0.670. The highest BCUT2D eigenvalue weighted by atomic mass is 35.5. The van der Waals surface area contributed by atoms with Crippen molar-refractivity contribution in [2.24, 2.45) is 5.73 Å². The van der Waals surface area contributed by atoms with Crippen LogP contribution in [0.4, 0.5) is 4.39 Å². The molecule has 0 radical (unpaired) electrons. The molecule has 0 amide bonds. The van der Waals surface area contributed by atoms with Crippen LogP contribution in [0, 0.1) is 0 Å². The van der Waals surface area contributed by atoms with Crippen LogP contribution >= 0.6 is 11.6 Å². The van der Waals surface area contributed by atoms with Crippen molar-refractivity contribution in [2.45, 2.75) is 19.0 Å². The molecule has 1 aromatic heterocycles. The van der Waals surface area contributed by atoms with Gasteiger partial charge in [-0.25, -0.2) is 4.39 Å².